The normalized spacial score (nSPS) is 10.8. The van der Waals surface area contributed by atoms with Crippen molar-refractivity contribution < 1.29 is 24.2 Å². The number of rotatable bonds is 6. The van der Waals surface area contributed by atoms with Crippen molar-refractivity contribution in [2.45, 2.75) is 20.3 Å². The topological polar surface area (TPSA) is 72.8 Å². The van der Waals surface area contributed by atoms with Gasteiger partial charge in [-0.1, -0.05) is 6.58 Å². The van der Waals surface area contributed by atoms with Gasteiger partial charge in [0.1, 0.15) is 0 Å². The van der Waals surface area contributed by atoms with Gasteiger partial charge in [0.05, 0.1) is 13.2 Å². The Kier molecular flexibility index (Phi) is 6.67. The van der Waals surface area contributed by atoms with Gasteiger partial charge in [0.25, 0.3) is 0 Å². The summed E-state index contributed by atoms with van der Waals surface area (Å²) >= 11 is 0. The minimum Gasteiger partial charge on any atom is -0.502 e. The first-order valence-corrected chi connectivity index (χ1v) is 4.84. The number of hydrogen-bond acceptors (Lipinski definition) is 5. The van der Waals surface area contributed by atoms with E-state index in [9.17, 15) is 9.59 Å². The van der Waals surface area contributed by atoms with Gasteiger partial charge in [-0.05, 0) is 19.9 Å². The van der Waals surface area contributed by atoms with E-state index in [0.717, 1.165) is 0 Å². The lowest BCUT2D eigenvalue weighted by Gasteiger charge is -2.05. The van der Waals surface area contributed by atoms with Crippen LogP contribution in [0.5, 0.6) is 0 Å². The zero-order valence-electron chi connectivity index (χ0n) is 9.49. The highest BCUT2D eigenvalue weighted by atomic mass is 16.6. The molecule has 16 heavy (non-hydrogen) atoms. The Labute approximate surface area is 94.4 Å². The van der Waals surface area contributed by atoms with Gasteiger partial charge in [0.15, 0.2) is 5.76 Å². The molecule has 0 aliphatic carbocycles. The van der Waals surface area contributed by atoms with Gasteiger partial charge in [-0.2, -0.15) is 0 Å². The second kappa shape index (κ2) is 7.50. The first-order valence-electron chi connectivity index (χ1n) is 4.84. The van der Waals surface area contributed by atoms with E-state index in [1.807, 2.05) is 0 Å². The predicted molar refractivity (Wildman–Crippen MR) is 57.7 cm³/mol. The van der Waals surface area contributed by atoms with E-state index in [0.29, 0.717) is 12.0 Å². The summed E-state index contributed by atoms with van der Waals surface area (Å²) in [5, 5.41) is 8.93. The van der Waals surface area contributed by atoms with E-state index in [1.54, 1.807) is 6.92 Å². The molecule has 0 fully saturated rings. The van der Waals surface area contributed by atoms with Crippen LogP contribution in [0, 0.1) is 0 Å². The van der Waals surface area contributed by atoms with E-state index in [1.165, 1.54) is 13.0 Å². The van der Waals surface area contributed by atoms with Crippen LogP contribution < -0.4 is 0 Å². The molecular formula is C11H16O5. The zero-order valence-corrected chi connectivity index (χ0v) is 9.49. The summed E-state index contributed by atoms with van der Waals surface area (Å²) in [7, 11) is 0. The molecule has 0 aliphatic rings. The highest BCUT2D eigenvalue weighted by Crippen LogP contribution is 1.96. The van der Waals surface area contributed by atoms with Crippen LogP contribution >= 0.6 is 0 Å². The van der Waals surface area contributed by atoms with Crippen molar-refractivity contribution in [3.8, 4) is 0 Å². The van der Waals surface area contributed by atoms with Crippen LogP contribution in [0.2, 0.25) is 0 Å². The number of ether oxygens (including phenoxy) is 2. The number of aliphatic hydroxyl groups excluding tert-OH is 1. The van der Waals surface area contributed by atoms with Crippen molar-refractivity contribution in [1.29, 1.82) is 0 Å². The lowest BCUT2D eigenvalue weighted by Crippen LogP contribution is -2.12. The molecule has 0 spiro atoms. The Morgan fingerprint density at radius 2 is 1.75 bits per heavy atom. The van der Waals surface area contributed by atoms with E-state index in [2.05, 4.69) is 11.3 Å². The van der Waals surface area contributed by atoms with Crippen molar-refractivity contribution in [1.82, 2.24) is 0 Å². The first kappa shape index (κ1) is 14.2. The summed E-state index contributed by atoms with van der Waals surface area (Å²) in [6.07, 6.45) is 1.62. The SMILES string of the molecule is C=C(C)C(=O)OCCCOC(=O)C(O)=CC. The number of esters is 2. The Balaban J connectivity index is 3.59. The number of carbonyl (C=O) groups excluding carboxylic acids is 2. The molecule has 1 N–H and O–H groups in total. The molecule has 0 radical (unpaired) electrons. The molecule has 0 aromatic heterocycles. The monoisotopic (exact) mass is 228 g/mol. The largest absolute Gasteiger partial charge is 0.502 e. The smallest absolute Gasteiger partial charge is 0.373 e. The van der Waals surface area contributed by atoms with E-state index in [-0.39, 0.29) is 13.2 Å². The molecule has 0 atom stereocenters. The molecule has 0 aliphatic heterocycles. The maximum atomic E-state index is 10.9. The summed E-state index contributed by atoms with van der Waals surface area (Å²) in [4.78, 5) is 21.8. The van der Waals surface area contributed by atoms with E-state index < -0.39 is 17.7 Å². The Morgan fingerprint density at radius 1 is 1.25 bits per heavy atom. The van der Waals surface area contributed by atoms with Crippen LogP contribution in [-0.4, -0.2) is 30.3 Å². The highest BCUT2D eigenvalue weighted by Gasteiger charge is 2.07. The third kappa shape index (κ3) is 5.85. The van der Waals surface area contributed by atoms with Gasteiger partial charge < -0.3 is 14.6 Å². The second-order valence-corrected chi connectivity index (χ2v) is 3.08. The molecule has 5 heteroatoms. The van der Waals surface area contributed by atoms with Gasteiger partial charge in [-0.3, -0.25) is 0 Å². The maximum absolute atomic E-state index is 10.9. The lowest BCUT2D eigenvalue weighted by molar-refractivity contribution is -0.143. The standard InChI is InChI=1S/C11H16O5/c1-4-9(12)11(14)16-7-5-6-15-10(13)8(2)3/h4,12H,2,5-7H2,1,3H3. The van der Waals surface area contributed by atoms with Crippen molar-refractivity contribution in [3.63, 3.8) is 0 Å². The average molecular weight is 228 g/mol. The minimum absolute atomic E-state index is 0.0835. The van der Waals surface area contributed by atoms with Crippen LogP contribution in [0.3, 0.4) is 0 Å². The van der Waals surface area contributed by atoms with Crippen LogP contribution in [0.25, 0.3) is 0 Å². The molecule has 0 amide bonds. The fraction of sp³-hybridized carbons (Fsp3) is 0.455. The molecule has 0 saturated heterocycles. The Bertz CT molecular complexity index is 303. The van der Waals surface area contributed by atoms with Crippen LogP contribution in [0.1, 0.15) is 20.3 Å². The third-order valence-electron chi connectivity index (χ3n) is 1.59. The third-order valence-corrected chi connectivity index (χ3v) is 1.59. The molecule has 0 aromatic carbocycles. The first-order chi connectivity index (χ1) is 7.49. The van der Waals surface area contributed by atoms with Crippen molar-refractivity contribution >= 4 is 11.9 Å². The predicted octanol–water partition coefficient (Wildman–Crippen LogP) is 1.50. The molecule has 0 saturated carbocycles. The molecule has 0 bridgehead atoms. The fourth-order valence-electron chi connectivity index (χ4n) is 0.704. The number of hydrogen-bond donors (Lipinski definition) is 1. The van der Waals surface area contributed by atoms with Gasteiger partial charge in [-0.25, -0.2) is 9.59 Å². The summed E-state index contributed by atoms with van der Waals surface area (Å²) in [5.41, 5.74) is 0.323. The van der Waals surface area contributed by atoms with Gasteiger partial charge in [0.2, 0.25) is 0 Å². The van der Waals surface area contributed by atoms with Crippen molar-refractivity contribution in [2.75, 3.05) is 13.2 Å². The molecule has 0 aromatic rings. The molecular weight excluding hydrogens is 212 g/mol. The Morgan fingerprint density at radius 3 is 2.19 bits per heavy atom. The van der Waals surface area contributed by atoms with Crippen molar-refractivity contribution in [2.24, 2.45) is 0 Å². The summed E-state index contributed by atoms with van der Waals surface area (Å²) in [5.74, 6) is -1.68. The van der Waals surface area contributed by atoms with Gasteiger partial charge >= 0.3 is 11.9 Å². The molecule has 0 rings (SSSR count). The number of carbonyl (C=O) groups is 2. The highest BCUT2D eigenvalue weighted by molar-refractivity contribution is 5.87. The van der Waals surface area contributed by atoms with E-state index >= 15 is 0 Å². The second-order valence-electron chi connectivity index (χ2n) is 3.08. The summed E-state index contributed by atoms with van der Waals surface area (Å²) < 4.78 is 9.43. The minimum atomic E-state index is -0.784. The zero-order chi connectivity index (χ0) is 12.6. The molecule has 0 heterocycles. The summed E-state index contributed by atoms with van der Waals surface area (Å²) in [6.45, 7) is 6.72. The van der Waals surface area contributed by atoms with Gasteiger partial charge in [0, 0.05) is 12.0 Å². The molecule has 90 valence electrons. The number of aliphatic hydroxyl groups is 1. The van der Waals surface area contributed by atoms with Crippen LogP contribution in [0.15, 0.2) is 24.0 Å². The quantitative estimate of drug-likeness (QED) is 0.323. The molecule has 5 nitrogen and oxygen atoms in total. The fourth-order valence-corrected chi connectivity index (χ4v) is 0.704. The van der Waals surface area contributed by atoms with Crippen LogP contribution in [-0.2, 0) is 19.1 Å². The lowest BCUT2D eigenvalue weighted by atomic mass is 10.4. The van der Waals surface area contributed by atoms with Crippen molar-refractivity contribution in [3.05, 3.63) is 24.0 Å². The van der Waals surface area contributed by atoms with Crippen LogP contribution in [0.4, 0.5) is 0 Å². The van der Waals surface area contributed by atoms with Gasteiger partial charge in [-0.15, -0.1) is 0 Å². The Hall–Kier alpha value is -1.78. The average Bonchev–Trinajstić information content (AvgIpc) is 2.26. The maximum Gasteiger partial charge on any atom is 0.373 e. The molecule has 0 unspecified atom stereocenters. The number of allylic oxidation sites excluding steroid dienone is 1. The summed E-state index contributed by atoms with van der Waals surface area (Å²) in [6, 6.07) is 0. The van der Waals surface area contributed by atoms with E-state index in [4.69, 9.17) is 9.84 Å².